The van der Waals surface area contributed by atoms with Crippen molar-refractivity contribution in [2.45, 2.75) is 6.82 Å². The first-order valence-corrected chi connectivity index (χ1v) is 2.51. The van der Waals surface area contributed by atoms with Gasteiger partial charge in [-0.2, -0.15) is 0 Å². The standard InChI is InChI=1S/CH7B2OP/c1-2-4-3-5/h2-3H,5H2,1H3. The van der Waals surface area contributed by atoms with Crippen molar-refractivity contribution in [1.29, 1.82) is 0 Å². The van der Waals surface area contributed by atoms with Gasteiger partial charge in [-0.15, -0.1) is 9.12 Å². The quantitative estimate of drug-likeness (QED) is 0.327. The van der Waals surface area contributed by atoms with Crippen molar-refractivity contribution in [3.63, 3.8) is 0 Å². The van der Waals surface area contributed by atoms with E-state index in [0.717, 1.165) is 14.7 Å². The zero-order chi connectivity index (χ0) is 4.12. The van der Waals surface area contributed by atoms with Crippen molar-refractivity contribution in [3.8, 4) is 0 Å². The van der Waals surface area contributed by atoms with Crippen LogP contribution in [0.5, 0.6) is 0 Å². The van der Waals surface area contributed by atoms with Crippen LogP contribution in [0, 0.1) is 0 Å². The largest absolute Gasteiger partial charge is 0.501 e. The van der Waals surface area contributed by atoms with Gasteiger partial charge in [-0.05, 0) is 0 Å². The molecule has 0 heterocycles. The lowest BCUT2D eigenvalue weighted by Crippen LogP contribution is -1.90. The Balaban J connectivity index is 2.19. The van der Waals surface area contributed by atoms with Crippen LogP contribution in [0.2, 0.25) is 6.82 Å². The van der Waals surface area contributed by atoms with E-state index in [-0.39, 0.29) is 0 Å². The third kappa shape index (κ3) is 4.52. The number of hydrogen-bond acceptors (Lipinski definition) is 1. The normalized spacial score (nSPS) is 6.80. The van der Waals surface area contributed by atoms with Crippen LogP contribution < -0.4 is 0 Å². The molecule has 0 N–H and O–H groups in total. The summed E-state index contributed by atoms with van der Waals surface area (Å²) in [6, 6.07) is 0. The second-order valence-corrected chi connectivity index (χ2v) is 0.993. The summed E-state index contributed by atoms with van der Waals surface area (Å²) in [4.78, 5) is 0. The third-order valence-electron chi connectivity index (χ3n) is 0.322. The highest BCUT2D eigenvalue weighted by molar-refractivity contribution is 7.54. The van der Waals surface area contributed by atoms with Crippen molar-refractivity contribution in [2.75, 3.05) is 0 Å². The molecule has 0 aromatic carbocycles. The lowest BCUT2D eigenvalue weighted by molar-refractivity contribution is 0.665. The van der Waals surface area contributed by atoms with Crippen molar-refractivity contribution in [2.24, 2.45) is 0 Å². The first kappa shape index (κ1) is 5.52. The molecule has 0 fully saturated rings. The van der Waals surface area contributed by atoms with Crippen LogP contribution in [0.15, 0.2) is 0 Å². The SMILES string of the molecule is CBOBP. The van der Waals surface area contributed by atoms with Crippen LogP contribution in [0.1, 0.15) is 0 Å². The molecular weight excluding hydrogens is 80.6 g/mol. The van der Waals surface area contributed by atoms with Crippen molar-refractivity contribution < 1.29 is 4.57 Å². The molecule has 0 spiro atoms. The summed E-state index contributed by atoms with van der Waals surface area (Å²) in [5.74, 6) is 0. The molecule has 0 amide bonds. The van der Waals surface area contributed by atoms with Crippen LogP contribution in [0.4, 0.5) is 0 Å². The first-order chi connectivity index (χ1) is 2.41. The van der Waals surface area contributed by atoms with Gasteiger partial charge < -0.3 is 4.57 Å². The van der Waals surface area contributed by atoms with Crippen LogP contribution in [-0.4, -0.2) is 14.7 Å². The Bertz CT molecular complexity index is 17.1. The molecule has 0 saturated carbocycles. The molecule has 1 unspecified atom stereocenters. The van der Waals surface area contributed by atoms with Crippen LogP contribution in [0.3, 0.4) is 0 Å². The highest BCUT2D eigenvalue weighted by Gasteiger charge is 1.72. The highest BCUT2D eigenvalue weighted by Crippen LogP contribution is 1.72. The van der Waals surface area contributed by atoms with Gasteiger partial charge in [-0.1, -0.05) is 6.82 Å². The average Bonchev–Trinajstić information content (AvgIpc) is 1.41. The molecule has 0 aliphatic rings. The van der Waals surface area contributed by atoms with Gasteiger partial charge >= 0.3 is 0 Å². The molecule has 0 aliphatic heterocycles. The van der Waals surface area contributed by atoms with E-state index in [1.807, 2.05) is 6.82 Å². The fraction of sp³-hybridized carbons (Fsp3) is 1.00. The number of rotatable bonds is 2. The Hall–Kier alpha value is 0.520. The maximum atomic E-state index is 4.80. The summed E-state index contributed by atoms with van der Waals surface area (Å²) in [6.45, 7) is 1.98. The lowest BCUT2D eigenvalue weighted by atomic mass is 10.1. The molecule has 1 nitrogen and oxygen atoms in total. The van der Waals surface area contributed by atoms with E-state index in [9.17, 15) is 0 Å². The predicted octanol–water partition coefficient (Wildman–Crippen LogP) is -0.456. The van der Waals surface area contributed by atoms with Crippen molar-refractivity contribution in [3.05, 3.63) is 0 Å². The summed E-state index contributed by atoms with van der Waals surface area (Å²) in [6.07, 6.45) is 0. The monoisotopic (exact) mass is 88.0 g/mol. The van der Waals surface area contributed by atoms with E-state index < -0.39 is 0 Å². The van der Waals surface area contributed by atoms with Crippen molar-refractivity contribution >= 4 is 23.8 Å². The molecule has 0 saturated heterocycles. The molecule has 5 heavy (non-hydrogen) atoms. The van der Waals surface area contributed by atoms with Gasteiger partial charge in [0, 0.05) is 0 Å². The number of hydrogen-bond donors (Lipinski definition) is 0. The highest BCUT2D eigenvalue weighted by atomic mass is 31.0. The zero-order valence-electron chi connectivity index (χ0n) is 3.40. The van der Waals surface area contributed by atoms with E-state index >= 15 is 0 Å². The van der Waals surface area contributed by atoms with Gasteiger partial charge in [0.15, 0.2) is 0 Å². The maximum absolute atomic E-state index is 4.80. The molecule has 4 heteroatoms. The van der Waals surface area contributed by atoms with E-state index in [4.69, 9.17) is 4.57 Å². The Morgan fingerprint density at radius 2 is 2.40 bits per heavy atom. The van der Waals surface area contributed by atoms with E-state index in [0.29, 0.717) is 0 Å². The average molecular weight is 87.7 g/mol. The van der Waals surface area contributed by atoms with E-state index in [1.165, 1.54) is 0 Å². The summed E-state index contributed by atoms with van der Waals surface area (Å²) in [5.41, 5.74) is 0. The fourth-order valence-electron chi connectivity index (χ4n) is 0.118. The minimum absolute atomic E-state index is 0.760. The van der Waals surface area contributed by atoms with Gasteiger partial charge in [0.2, 0.25) is 0 Å². The van der Waals surface area contributed by atoms with E-state index in [1.54, 1.807) is 0 Å². The van der Waals surface area contributed by atoms with Gasteiger partial charge in [0.25, 0.3) is 14.7 Å². The third-order valence-corrected chi connectivity index (χ3v) is 0.558. The Morgan fingerprint density at radius 1 is 1.80 bits per heavy atom. The molecule has 0 aliphatic carbocycles. The van der Waals surface area contributed by atoms with Gasteiger partial charge in [-0.3, -0.25) is 0 Å². The first-order valence-electron chi connectivity index (χ1n) is 1.69. The topological polar surface area (TPSA) is 9.23 Å². The lowest BCUT2D eigenvalue weighted by Gasteiger charge is -1.82. The van der Waals surface area contributed by atoms with Crippen LogP contribution >= 0.6 is 9.12 Å². The minimum atomic E-state index is 0.760. The van der Waals surface area contributed by atoms with E-state index in [2.05, 4.69) is 9.12 Å². The summed E-state index contributed by atoms with van der Waals surface area (Å²) < 4.78 is 4.80. The Morgan fingerprint density at radius 3 is 2.40 bits per heavy atom. The maximum Gasteiger partial charge on any atom is 0.280 e. The van der Waals surface area contributed by atoms with Crippen LogP contribution in [-0.2, 0) is 4.57 Å². The fourth-order valence-corrected chi connectivity index (χ4v) is 0.354. The Kier molecular flexibility index (Phi) is 4.99. The summed E-state index contributed by atoms with van der Waals surface area (Å²) >= 11 is 0. The van der Waals surface area contributed by atoms with Gasteiger partial charge in [0.1, 0.15) is 0 Å². The molecule has 0 aromatic rings. The van der Waals surface area contributed by atoms with Gasteiger partial charge in [-0.25, -0.2) is 0 Å². The molecule has 0 aromatic heterocycles. The predicted molar refractivity (Wildman–Crippen MR) is 31.0 cm³/mol. The minimum Gasteiger partial charge on any atom is -0.501 e. The summed E-state index contributed by atoms with van der Waals surface area (Å²) in [7, 11) is 4.06. The Labute approximate surface area is 36.2 Å². The van der Waals surface area contributed by atoms with Crippen molar-refractivity contribution in [1.82, 2.24) is 0 Å². The second-order valence-electron chi connectivity index (χ2n) is 0.659. The molecule has 0 rings (SSSR count). The summed E-state index contributed by atoms with van der Waals surface area (Å²) in [5, 5.41) is 0. The second kappa shape index (κ2) is 4.52. The van der Waals surface area contributed by atoms with Gasteiger partial charge in [0.05, 0.1) is 0 Å². The molecule has 0 bridgehead atoms. The molecule has 28 valence electrons. The van der Waals surface area contributed by atoms with Crippen LogP contribution in [0.25, 0.3) is 0 Å². The smallest absolute Gasteiger partial charge is 0.280 e. The zero-order valence-corrected chi connectivity index (χ0v) is 4.55. The molecule has 0 radical (unpaired) electrons. The molecule has 1 atom stereocenters. The molecular formula is CH7B2OP.